The molecule has 0 bridgehead atoms. The molecule has 2 atom stereocenters. The molecule has 122 valence electrons. The van der Waals surface area contributed by atoms with Gasteiger partial charge in [-0.2, -0.15) is 0 Å². The highest BCUT2D eigenvalue weighted by atomic mass is 32.2. The molecule has 0 radical (unpaired) electrons. The van der Waals surface area contributed by atoms with Crippen LogP contribution in [0, 0.1) is 0 Å². The number of rotatable bonds is 7. The van der Waals surface area contributed by atoms with Crippen molar-refractivity contribution < 1.29 is 14.1 Å². The van der Waals surface area contributed by atoms with Crippen molar-refractivity contribution >= 4 is 15.9 Å². The third-order valence-corrected chi connectivity index (χ3v) is 4.79. The fourth-order valence-corrected chi connectivity index (χ4v) is 3.41. The second-order valence-electron chi connectivity index (χ2n) is 5.28. The minimum Gasteiger partial charge on any atom is -0.480 e. The van der Waals surface area contributed by atoms with E-state index in [4.69, 9.17) is 5.14 Å². The van der Waals surface area contributed by atoms with Gasteiger partial charge in [-0.1, -0.05) is 60.7 Å². The van der Waals surface area contributed by atoms with E-state index in [1.54, 1.807) is 0 Å². The molecule has 0 aliphatic rings. The van der Waals surface area contributed by atoms with Crippen LogP contribution >= 0.6 is 0 Å². The van der Waals surface area contributed by atoms with E-state index in [0.29, 0.717) is 6.42 Å². The van der Waals surface area contributed by atoms with Crippen LogP contribution in [0.15, 0.2) is 65.0 Å². The van der Waals surface area contributed by atoms with Gasteiger partial charge in [0.2, 0.25) is 0 Å². The Morgan fingerprint density at radius 1 is 1.04 bits per heavy atom. The van der Waals surface area contributed by atoms with Gasteiger partial charge < -0.3 is 5.11 Å². The molecular formula is C17H20N2O3S. The van der Waals surface area contributed by atoms with Crippen LogP contribution in [0.1, 0.15) is 11.1 Å². The molecule has 1 unspecified atom stereocenters. The molecule has 0 heterocycles. The maximum atomic E-state index is 12.4. The summed E-state index contributed by atoms with van der Waals surface area (Å²) in [5.74, 6) is -0.984. The van der Waals surface area contributed by atoms with E-state index in [1.165, 1.54) is 0 Å². The van der Waals surface area contributed by atoms with Crippen LogP contribution in [0.5, 0.6) is 0 Å². The maximum Gasteiger partial charge on any atom is 0.329 e. The maximum absolute atomic E-state index is 12.4. The number of carboxylic acid groups (broad SMARTS) is 1. The number of hydrogen-bond acceptors (Lipinski definition) is 3. The van der Waals surface area contributed by atoms with Crippen molar-refractivity contribution in [3.05, 3.63) is 71.8 Å². The zero-order valence-electron chi connectivity index (χ0n) is 12.7. The summed E-state index contributed by atoms with van der Waals surface area (Å²) in [6, 6.07) is 17.5. The fraction of sp³-hybridized carbons (Fsp3) is 0.235. The minimum absolute atomic E-state index is 0.135. The fourth-order valence-electron chi connectivity index (χ4n) is 2.18. The Bertz CT molecular complexity index is 754. The number of carboxylic acids is 1. The van der Waals surface area contributed by atoms with E-state index in [1.807, 2.05) is 60.7 Å². The van der Waals surface area contributed by atoms with Gasteiger partial charge in [-0.25, -0.2) is 18.5 Å². The van der Waals surface area contributed by atoms with Crippen LogP contribution in [-0.2, 0) is 27.6 Å². The molecule has 3 N–H and O–H groups in total. The molecule has 0 aliphatic carbocycles. The van der Waals surface area contributed by atoms with Crippen molar-refractivity contribution in [2.24, 2.45) is 9.50 Å². The molecule has 2 rings (SSSR count). The van der Waals surface area contributed by atoms with Gasteiger partial charge in [0, 0.05) is 12.2 Å². The van der Waals surface area contributed by atoms with Gasteiger partial charge in [0.05, 0.1) is 0 Å². The quantitative estimate of drug-likeness (QED) is 0.814. The lowest BCUT2D eigenvalue weighted by Crippen LogP contribution is -2.27. The predicted octanol–water partition coefficient (Wildman–Crippen LogP) is 2.27. The average Bonchev–Trinajstić information content (AvgIpc) is 2.54. The van der Waals surface area contributed by atoms with E-state index >= 15 is 0 Å². The van der Waals surface area contributed by atoms with Gasteiger partial charge in [0.1, 0.15) is 9.92 Å². The number of nitrogens with zero attached hydrogens (tertiary/aromatic N) is 1. The van der Waals surface area contributed by atoms with Crippen molar-refractivity contribution in [2.45, 2.75) is 18.9 Å². The zero-order valence-corrected chi connectivity index (χ0v) is 13.5. The van der Waals surface area contributed by atoms with E-state index in [9.17, 15) is 14.1 Å². The van der Waals surface area contributed by atoms with Crippen molar-refractivity contribution in [3.8, 4) is 0 Å². The van der Waals surface area contributed by atoms with Crippen molar-refractivity contribution in [1.82, 2.24) is 0 Å². The summed E-state index contributed by atoms with van der Waals surface area (Å²) in [6.07, 6.45) is 0.674. The van der Waals surface area contributed by atoms with Gasteiger partial charge >= 0.3 is 5.97 Å². The Balaban J connectivity index is 2.10. The predicted molar refractivity (Wildman–Crippen MR) is 91.3 cm³/mol. The Kier molecular flexibility index (Phi) is 5.90. The third kappa shape index (κ3) is 5.84. The summed E-state index contributed by atoms with van der Waals surface area (Å²) in [5, 5.41) is 15.1. The highest BCUT2D eigenvalue weighted by Crippen LogP contribution is 2.09. The highest BCUT2D eigenvalue weighted by molar-refractivity contribution is 7.91. The third-order valence-electron chi connectivity index (χ3n) is 3.39. The summed E-state index contributed by atoms with van der Waals surface area (Å²) in [7, 11) is -3.05. The first-order valence-electron chi connectivity index (χ1n) is 7.28. The number of nitrogens with two attached hydrogens (primary N) is 1. The number of aliphatic carboxylic acids is 1. The van der Waals surface area contributed by atoms with Crippen LogP contribution in [0.2, 0.25) is 0 Å². The Hall–Kier alpha value is -2.18. The molecule has 0 aliphatic heterocycles. The second kappa shape index (κ2) is 7.89. The molecular weight excluding hydrogens is 312 g/mol. The summed E-state index contributed by atoms with van der Waals surface area (Å²) < 4.78 is 16.3. The lowest BCUT2D eigenvalue weighted by Gasteiger charge is -2.11. The van der Waals surface area contributed by atoms with Crippen LogP contribution in [0.25, 0.3) is 0 Å². The lowest BCUT2D eigenvalue weighted by molar-refractivity contribution is -0.138. The Morgan fingerprint density at radius 2 is 1.57 bits per heavy atom. The molecule has 0 saturated carbocycles. The monoisotopic (exact) mass is 332 g/mol. The van der Waals surface area contributed by atoms with Crippen molar-refractivity contribution in [2.75, 3.05) is 5.75 Å². The van der Waals surface area contributed by atoms with Crippen molar-refractivity contribution in [3.63, 3.8) is 0 Å². The van der Waals surface area contributed by atoms with Crippen LogP contribution in [-0.4, -0.2) is 27.1 Å². The van der Waals surface area contributed by atoms with E-state index < -0.39 is 21.9 Å². The lowest BCUT2D eigenvalue weighted by atomic mass is 10.1. The summed E-state index contributed by atoms with van der Waals surface area (Å²) in [5.41, 5.74) is 1.82. The van der Waals surface area contributed by atoms with Gasteiger partial charge in [0.25, 0.3) is 0 Å². The van der Waals surface area contributed by atoms with E-state index in [-0.39, 0.29) is 12.2 Å². The van der Waals surface area contributed by atoms with Crippen LogP contribution in [0.3, 0.4) is 0 Å². The molecule has 5 nitrogen and oxygen atoms in total. The highest BCUT2D eigenvalue weighted by Gasteiger charge is 2.19. The molecule has 0 spiro atoms. The molecule has 6 heteroatoms. The topological polar surface area (TPSA) is 92.8 Å². The van der Waals surface area contributed by atoms with Gasteiger partial charge in [-0.15, -0.1) is 0 Å². The van der Waals surface area contributed by atoms with Crippen molar-refractivity contribution in [1.29, 1.82) is 0 Å². The first-order valence-corrected chi connectivity index (χ1v) is 9.03. The molecule has 0 saturated heterocycles. The van der Waals surface area contributed by atoms with E-state index in [2.05, 4.69) is 4.36 Å². The van der Waals surface area contributed by atoms with Gasteiger partial charge in [0.15, 0.2) is 6.04 Å². The molecule has 2 aromatic rings. The molecule has 0 amide bonds. The largest absolute Gasteiger partial charge is 0.480 e. The summed E-state index contributed by atoms with van der Waals surface area (Å²) >= 11 is 0. The SMILES string of the molecule is NS(=O)(CCc1ccccc1)=N[C@@H](Cc1ccccc1)C(=O)O. The first kappa shape index (κ1) is 17.2. The number of carbonyl (C=O) groups is 1. The zero-order chi connectivity index (χ0) is 16.7. The molecule has 0 aromatic heterocycles. The standard InChI is InChI=1S/C17H20N2O3S/c18-23(22,12-11-14-7-3-1-4-8-14)19-16(17(20)21)13-15-9-5-2-6-10-15/h1-10,16H,11-13H2,(H,20,21)(H2,18,19,22)/t16-,23?/m0/s1. The van der Waals surface area contributed by atoms with Gasteiger partial charge in [-0.3, -0.25) is 0 Å². The minimum atomic E-state index is -3.05. The van der Waals surface area contributed by atoms with Crippen LogP contribution in [0.4, 0.5) is 0 Å². The second-order valence-corrected chi connectivity index (χ2v) is 7.28. The normalized spacial score (nSPS) is 14.7. The smallest absolute Gasteiger partial charge is 0.329 e. The van der Waals surface area contributed by atoms with Gasteiger partial charge in [-0.05, 0) is 17.5 Å². The summed E-state index contributed by atoms with van der Waals surface area (Å²) in [4.78, 5) is 11.4. The number of aryl methyl sites for hydroxylation is 1. The average molecular weight is 332 g/mol. The Morgan fingerprint density at radius 3 is 2.09 bits per heavy atom. The number of hydrogen-bond donors (Lipinski definition) is 2. The van der Waals surface area contributed by atoms with E-state index in [0.717, 1.165) is 11.1 Å². The molecule has 0 fully saturated rings. The molecule has 23 heavy (non-hydrogen) atoms. The first-order chi connectivity index (χ1) is 11.0. The molecule has 2 aromatic carbocycles. The Labute approximate surface area is 136 Å². The van der Waals surface area contributed by atoms with Crippen LogP contribution < -0.4 is 5.14 Å². The summed E-state index contributed by atoms with van der Waals surface area (Å²) in [6.45, 7) is 0. The number of benzene rings is 2.